The van der Waals surface area contributed by atoms with Gasteiger partial charge in [0, 0.05) is 24.9 Å². The lowest BCUT2D eigenvalue weighted by molar-refractivity contribution is 0.146. The summed E-state index contributed by atoms with van der Waals surface area (Å²) >= 11 is 0. The van der Waals surface area contributed by atoms with E-state index in [2.05, 4.69) is 26.2 Å². The van der Waals surface area contributed by atoms with Crippen molar-refractivity contribution in [2.75, 3.05) is 25.6 Å². The second-order valence-corrected chi connectivity index (χ2v) is 7.05. The Balaban J connectivity index is 1.26. The molecule has 0 spiro atoms. The molecular formula is C21H24N6O3. The van der Waals surface area contributed by atoms with Crippen molar-refractivity contribution in [2.45, 2.75) is 25.4 Å². The van der Waals surface area contributed by atoms with Crippen LogP contribution in [0.1, 0.15) is 24.4 Å². The van der Waals surface area contributed by atoms with Gasteiger partial charge in [-0.2, -0.15) is 0 Å². The fraction of sp³-hybridized carbons (Fsp3) is 0.333. The van der Waals surface area contributed by atoms with Crippen molar-refractivity contribution in [3.05, 3.63) is 54.1 Å². The number of nitrogens with one attached hydrogen (secondary N) is 2. The fourth-order valence-corrected chi connectivity index (χ4v) is 2.96. The van der Waals surface area contributed by atoms with E-state index in [1.165, 1.54) is 0 Å². The van der Waals surface area contributed by atoms with Crippen LogP contribution in [0.5, 0.6) is 5.75 Å². The zero-order valence-corrected chi connectivity index (χ0v) is 16.7. The second-order valence-electron chi connectivity index (χ2n) is 7.05. The van der Waals surface area contributed by atoms with Gasteiger partial charge in [0.15, 0.2) is 5.82 Å². The largest absolute Gasteiger partial charge is 0.491 e. The van der Waals surface area contributed by atoms with E-state index < -0.39 is 0 Å². The molecule has 0 radical (unpaired) electrons. The number of urea groups is 1. The number of ether oxygens (including phenoxy) is 2. The minimum atomic E-state index is -0.272. The van der Waals surface area contributed by atoms with Crippen molar-refractivity contribution in [2.24, 2.45) is 0 Å². The molecule has 0 atom stereocenters. The Morgan fingerprint density at radius 3 is 2.57 bits per heavy atom. The van der Waals surface area contributed by atoms with Gasteiger partial charge in [0.2, 0.25) is 0 Å². The number of amides is 2. The number of carbonyl (C=O) groups is 1. The van der Waals surface area contributed by atoms with Crippen molar-refractivity contribution in [1.29, 1.82) is 0 Å². The predicted molar refractivity (Wildman–Crippen MR) is 111 cm³/mol. The third kappa shape index (κ3) is 5.12. The molecule has 1 fully saturated rings. The molecule has 1 heterocycles. The molecule has 30 heavy (non-hydrogen) atoms. The predicted octanol–water partition coefficient (Wildman–Crippen LogP) is 3.02. The van der Waals surface area contributed by atoms with E-state index in [0.29, 0.717) is 31.5 Å². The van der Waals surface area contributed by atoms with Gasteiger partial charge in [-0.3, -0.25) is 0 Å². The Labute approximate surface area is 174 Å². The molecule has 1 saturated carbocycles. The number of rotatable bonds is 9. The Hall–Kier alpha value is -3.46. The highest BCUT2D eigenvalue weighted by Gasteiger charge is 2.28. The topological polar surface area (TPSA) is 103 Å². The molecule has 9 heteroatoms. The average Bonchev–Trinajstić information content (AvgIpc) is 3.50. The minimum absolute atomic E-state index is 0.272. The number of aromatic nitrogens is 4. The molecule has 2 aromatic carbocycles. The number of hydrogen-bond donors (Lipinski definition) is 2. The lowest BCUT2D eigenvalue weighted by atomic mass is 10.2. The van der Waals surface area contributed by atoms with E-state index in [0.717, 1.165) is 35.5 Å². The number of carbonyl (C=O) groups excluding carboxylic acids is 1. The van der Waals surface area contributed by atoms with Gasteiger partial charge in [-0.1, -0.05) is 12.1 Å². The SMILES string of the molecule is COCCOc1ccc(CNC(=O)Nc2ccc(-c3nnnn3C3CC3)cc2)cc1. The first-order valence-corrected chi connectivity index (χ1v) is 9.87. The van der Waals surface area contributed by atoms with Gasteiger partial charge in [0.1, 0.15) is 12.4 Å². The molecule has 9 nitrogen and oxygen atoms in total. The summed E-state index contributed by atoms with van der Waals surface area (Å²) in [5.74, 6) is 1.52. The van der Waals surface area contributed by atoms with E-state index in [-0.39, 0.29) is 6.03 Å². The Morgan fingerprint density at radius 1 is 1.10 bits per heavy atom. The fourth-order valence-electron chi connectivity index (χ4n) is 2.96. The summed E-state index contributed by atoms with van der Waals surface area (Å²) < 4.78 is 12.3. The van der Waals surface area contributed by atoms with Crippen LogP contribution < -0.4 is 15.4 Å². The standard InChI is InChI=1S/C21H24N6O3/c1-29-12-13-30-19-10-2-15(3-11-19)14-22-21(28)23-17-6-4-16(5-7-17)20-24-25-26-27(20)18-8-9-18/h2-7,10-11,18H,8-9,12-14H2,1H3,(H2,22,23,28). The van der Waals surface area contributed by atoms with E-state index in [1.807, 2.05) is 53.2 Å². The molecule has 0 aliphatic heterocycles. The molecule has 2 N–H and O–H groups in total. The third-order valence-electron chi connectivity index (χ3n) is 4.72. The number of hydrogen-bond acceptors (Lipinski definition) is 6. The highest BCUT2D eigenvalue weighted by molar-refractivity contribution is 5.89. The molecule has 1 aliphatic rings. The van der Waals surface area contributed by atoms with Crippen molar-refractivity contribution >= 4 is 11.7 Å². The molecule has 156 valence electrons. The zero-order chi connectivity index (χ0) is 20.8. The summed E-state index contributed by atoms with van der Waals surface area (Å²) in [5, 5.41) is 17.6. The molecule has 0 bridgehead atoms. The summed E-state index contributed by atoms with van der Waals surface area (Å²) in [6.07, 6.45) is 2.23. The molecule has 3 aromatic rings. The van der Waals surface area contributed by atoms with Crippen LogP contribution >= 0.6 is 0 Å². The molecular weight excluding hydrogens is 384 g/mol. The van der Waals surface area contributed by atoms with Crippen molar-refractivity contribution in [3.63, 3.8) is 0 Å². The van der Waals surface area contributed by atoms with E-state index >= 15 is 0 Å². The number of tetrazole rings is 1. The molecule has 1 aliphatic carbocycles. The van der Waals surface area contributed by atoms with Crippen molar-refractivity contribution < 1.29 is 14.3 Å². The first-order valence-electron chi connectivity index (χ1n) is 9.87. The quantitative estimate of drug-likeness (QED) is 0.528. The molecule has 4 rings (SSSR count). The van der Waals surface area contributed by atoms with Crippen LogP contribution in [-0.2, 0) is 11.3 Å². The lowest BCUT2D eigenvalue weighted by Gasteiger charge is -2.10. The first kappa shape index (κ1) is 19.8. The van der Waals surface area contributed by atoms with Crippen LogP contribution in [0.15, 0.2) is 48.5 Å². The van der Waals surface area contributed by atoms with Crippen LogP contribution in [-0.4, -0.2) is 46.6 Å². The Bertz CT molecular complexity index is 967. The van der Waals surface area contributed by atoms with Gasteiger partial charge in [0.25, 0.3) is 0 Å². The first-order chi connectivity index (χ1) is 14.7. The van der Waals surface area contributed by atoms with Gasteiger partial charge >= 0.3 is 6.03 Å². The maximum atomic E-state index is 12.2. The Kier molecular flexibility index (Phi) is 6.19. The summed E-state index contributed by atoms with van der Waals surface area (Å²) in [6, 6.07) is 15.2. The van der Waals surface area contributed by atoms with Gasteiger partial charge < -0.3 is 20.1 Å². The van der Waals surface area contributed by atoms with Crippen LogP contribution in [0.2, 0.25) is 0 Å². The van der Waals surface area contributed by atoms with Crippen LogP contribution in [0.25, 0.3) is 11.4 Å². The zero-order valence-electron chi connectivity index (χ0n) is 16.7. The van der Waals surface area contributed by atoms with Crippen molar-refractivity contribution in [3.8, 4) is 17.1 Å². The van der Waals surface area contributed by atoms with Crippen LogP contribution in [0, 0.1) is 0 Å². The lowest BCUT2D eigenvalue weighted by Crippen LogP contribution is -2.28. The smallest absolute Gasteiger partial charge is 0.319 e. The van der Waals surface area contributed by atoms with E-state index in [4.69, 9.17) is 9.47 Å². The molecule has 2 amide bonds. The summed E-state index contributed by atoms with van der Waals surface area (Å²) in [5.41, 5.74) is 2.60. The number of methoxy groups -OCH3 is 1. The van der Waals surface area contributed by atoms with Gasteiger partial charge in [-0.05, 0) is 65.2 Å². The van der Waals surface area contributed by atoms with Gasteiger partial charge in [0.05, 0.1) is 12.6 Å². The van der Waals surface area contributed by atoms with Crippen molar-refractivity contribution in [1.82, 2.24) is 25.5 Å². The molecule has 0 saturated heterocycles. The number of anilines is 1. The summed E-state index contributed by atoms with van der Waals surface area (Å²) in [6.45, 7) is 1.46. The van der Waals surface area contributed by atoms with E-state index in [1.54, 1.807) is 7.11 Å². The molecule has 1 aromatic heterocycles. The number of nitrogens with zero attached hydrogens (tertiary/aromatic N) is 4. The Morgan fingerprint density at radius 2 is 1.87 bits per heavy atom. The monoisotopic (exact) mass is 408 g/mol. The highest BCUT2D eigenvalue weighted by atomic mass is 16.5. The maximum Gasteiger partial charge on any atom is 0.319 e. The third-order valence-corrected chi connectivity index (χ3v) is 4.72. The van der Waals surface area contributed by atoms with Crippen LogP contribution in [0.4, 0.5) is 10.5 Å². The summed E-state index contributed by atoms with van der Waals surface area (Å²) in [7, 11) is 1.64. The van der Waals surface area contributed by atoms with Gasteiger partial charge in [-0.15, -0.1) is 5.10 Å². The van der Waals surface area contributed by atoms with E-state index in [9.17, 15) is 4.79 Å². The summed E-state index contributed by atoms with van der Waals surface area (Å²) in [4.78, 5) is 12.2. The second kappa shape index (κ2) is 9.36. The normalized spacial score (nSPS) is 13.1. The average molecular weight is 408 g/mol. The minimum Gasteiger partial charge on any atom is -0.491 e. The number of benzene rings is 2. The van der Waals surface area contributed by atoms with Gasteiger partial charge in [-0.25, -0.2) is 9.48 Å². The maximum absolute atomic E-state index is 12.2. The highest BCUT2D eigenvalue weighted by Crippen LogP contribution is 2.36. The van der Waals surface area contributed by atoms with Crippen LogP contribution in [0.3, 0.4) is 0 Å². The molecule has 0 unspecified atom stereocenters.